The molecule has 2 heterocycles. The Morgan fingerprint density at radius 3 is 2.88 bits per heavy atom. The Morgan fingerprint density at radius 1 is 1.31 bits per heavy atom. The molecule has 0 saturated carbocycles. The number of ketones is 1. The first-order valence-corrected chi connectivity index (χ1v) is 10.8. The maximum atomic E-state index is 12.4. The highest BCUT2D eigenvalue weighted by Crippen LogP contribution is 2.41. The van der Waals surface area contributed by atoms with Gasteiger partial charge in [-0.25, -0.2) is 4.98 Å². The minimum atomic E-state index is -0.0409. The van der Waals surface area contributed by atoms with Gasteiger partial charge in [0.1, 0.15) is 4.83 Å². The molecule has 0 fully saturated rings. The number of thiophene rings is 1. The van der Waals surface area contributed by atoms with E-state index in [0.717, 1.165) is 23.1 Å². The molecule has 0 spiro atoms. The SMILES string of the molecule is CSc1nc(OCC(=O)c2ccccc2)c2c3c(sc2n1)C[C@@H](C)CC3. The lowest BCUT2D eigenvalue weighted by Gasteiger charge is -2.18. The number of Topliss-reactive ketones (excluding diaryl/α,β-unsaturated/α-hetero) is 1. The lowest BCUT2D eigenvalue weighted by molar-refractivity contribution is 0.0919. The van der Waals surface area contributed by atoms with E-state index in [9.17, 15) is 4.79 Å². The molecule has 4 nitrogen and oxygen atoms in total. The first-order valence-electron chi connectivity index (χ1n) is 8.73. The van der Waals surface area contributed by atoms with Crippen LogP contribution in [0.2, 0.25) is 0 Å². The Morgan fingerprint density at radius 2 is 2.12 bits per heavy atom. The average Bonchev–Trinajstić information content (AvgIpc) is 3.03. The number of benzene rings is 1. The number of carbonyl (C=O) groups excluding carboxylic acids is 1. The lowest BCUT2D eigenvalue weighted by Crippen LogP contribution is -2.13. The number of fused-ring (bicyclic) bond motifs is 3. The maximum absolute atomic E-state index is 12.4. The quantitative estimate of drug-likeness (QED) is 0.359. The summed E-state index contributed by atoms with van der Waals surface area (Å²) in [5.74, 6) is 1.21. The van der Waals surface area contributed by atoms with E-state index in [1.165, 1.54) is 28.6 Å². The van der Waals surface area contributed by atoms with Crippen LogP contribution in [0.4, 0.5) is 0 Å². The molecule has 0 saturated heterocycles. The summed E-state index contributed by atoms with van der Waals surface area (Å²) in [7, 11) is 0. The number of thioether (sulfide) groups is 1. The van der Waals surface area contributed by atoms with Crippen LogP contribution in [-0.4, -0.2) is 28.6 Å². The summed E-state index contributed by atoms with van der Waals surface area (Å²) in [5, 5.41) is 1.70. The van der Waals surface area contributed by atoms with E-state index in [4.69, 9.17) is 4.74 Å². The topological polar surface area (TPSA) is 52.1 Å². The van der Waals surface area contributed by atoms with Crippen molar-refractivity contribution in [3.05, 3.63) is 46.3 Å². The third-order valence-electron chi connectivity index (χ3n) is 4.72. The Balaban J connectivity index is 1.68. The number of carbonyl (C=O) groups is 1. The molecule has 6 heteroatoms. The van der Waals surface area contributed by atoms with Crippen molar-refractivity contribution in [1.29, 1.82) is 0 Å². The normalized spacial score (nSPS) is 16.5. The predicted octanol–water partition coefficient (Wildman–Crippen LogP) is 4.80. The largest absolute Gasteiger partial charge is 0.469 e. The van der Waals surface area contributed by atoms with Crippen molar-refractivity contribution in [3.63, 3.8) is 0 Å². The number of rotatable bonds is 5. The van der Waals surface area contributed by atoms with Crippen molar-refractivity contribution in [2.45, 2.75) is 31.3 Å². The first-order chi connectivity index (χ1) is 12.7. The highest BCUT2D eigenvalue weighted by molar-refractivity contribution is 7.98. The van der Waals surface area contributed by atoms with Crippen LogP contribution in [0.3, 0.4) is 0 Å². The molecule has 0 unspecified atom stereocenters. The molecule has 0 bridgehead atoms. The molecule has 3 aromatic rings. The van der Waals surface area contributed by atoms with Gasteiger partial charge in [-0.05, 0) is 37.0 Å². The van der Waals surface area contributed by atoms with Gasteiger partial charge < -0.3 is 4.74 Å². The monoisotopic (exact) mass is 384 g/mol. The summed E-state index contributed by atoms with van der Waals surface area (Å²) < 4.78 is 5.92. The molecular formula is C20H20N2O2S2. The van der Waals surface area contributed by atoms with Crippen LogP contribution in [0, 0.1) is 5.92 Å². The Kier molecular flexibility index (Phi) is 4.96. The summed E-state index contributed by atoms with van der Waals surface area (Å²) in [6.45, 7) is 2.28. The van der Waals surface area contributed by atoms with E-state index >= 15 is 0 Å². The average molecular weight is 385 g/mol. The highest BCUT2D eigenvalue weighted by Gasteiger charge is 2.25. The molecule has 1 aliphatic carbocycles. The van der Waals surface area contributed by atoms with Gasteiger partial charge in [-0.1, -0.05) is 49.0 Å². The van der Waals surface area contributed by atoms with Crippen LogP contribution in [0.25, 0.3) is 10.2 Å². The minimum Gasteiger partial charge on any atom is -0.469 e. The highest BCUT2D eigenvalue weighted by atomic mass is 32.2. The Labute approximate surface area is 161 Å². The smallest absolute Gasteiger partial charge is 0.227 e. The third-order valence-corrected chi connectivity index (χ3v) is 6.42. The van der Waals surface area contributed by atoms with Gasteiger partial charge in [-0.2, -0.15) is 4.98 Å². The van der Waals surface area contributed by atoms with Gasteiger partial charge in [0.15, 0.2) is 17.5 Å². The lowest BCUT2D eigenvalue weighted by atomic mass is 9.89. The second kappa shape index (κ2) is 7.37. The van der Waals surface area contributed by atoms with E-state index < -0.39 is 0 Å². The molecule has 1 atom stereocenters. The van der Waals surface area contributed by atoms with Gasteiger partial charge >= 0.3 is 0 Å². The zero-order chi connectivity index (χ0) is 18.1. The van der Waals surface area contributed by atoms with Crippen molar-refractivity contribution in [3.8, 4) is 5.88 Å². The van der Waals surface area contributed by atoms with E-state index in [0.29, 0.717) is 22.5 Å². The minimum absolute atomic E-state index is 0.00896. The van der Waals surface area contributed by atoms with E-state index in [2.05, 4.69) is 16.9 Å². The number of hydrogen-bond donors (Lipinski definition) is 0. The standard InChI is InChI=1S/C20H20N2O2S2/c1-12-8-9-14-16(10-12)26-19-17(14)18(21-20(22-19)25-2)24-11-15(23)13-6-4-3-5-7-13/h3-7,12H,8-11H2,1-2H3/t12-/m0/s1. The zero-order valence-electron chi connectivity index (χ0n) is 14.8. The van der Waals surface area contributed by atoms with E-state index in [1.807, 2.05) is 36.6 Å². The fourth-order valence-corrected chi connectivity index (χ4v) is 5.12. The Bertz CT molecular complexity index is 953. The van der Waals surface area contributed by atoms with Gasteiger partial charge in [0.05, 0.1) is 5.39 Å². The first kappa shape index (κ1) is 17.5. The van der Waals surface area contributed by atoms with Crippen molar-refractivity contribution in [2.24, 2.45) is 5.92 Å². The van der Waals surface area contributed by atoms with E-state index in [-0.39, 0.29) is 12.4 Å². The van der Waals surface area contributed by atoms with Crippen LogP contribution >= 0.6 is 23.1 Å². The van der Waals surface area contributed by atoms with Crippen LogP contribution in [-0.2, 0) is 12.8 Å². The molecular weight excluding hydrogens is 364 g/mol. The number of ether oxygens (including phenoxy) is 1. The van der Waals surface area contributed by atoms with Crippen molar-refractivity contribution in [2.75, 3.05) is 12.9 Å². The summed E-state index contributed by atoms with van der Waals surface area (Å²) in [6, 6.07) is 9.23. The van der Waals surface area contributed by atoms with Gasteiger partial charge in [0.25, 0.3) is 0 Å². The predicted molar refractivity (Wildman–Crippen MR) is 107 cm³/mol. The number of hydrogen-bond acceptors (Lipinski definition) is 6. The molecule has 134 valence electrons. The van der Waals surface area contributed by atoms with Crippen molar-refractivity contribution < 1.29 is 9.53 Å². The summed E-state index contributed by atoms with van der Waals surface area (Å²) in [5.41, 5.74) is 1.97. The second-order valence-corrected chi connectivity index (χ2v) is 8.48. The molecule has 1 aliphatic rings. The van der Waals surface area contributed by atoms with Gasteiger partial charge in [0.2, 0.25) is 5.88 Å². The fraction of sp³-hybridized carbons (Fsp3) is 0.350. The fourth-order valence-electron chi connectivity index (χ4n) is 3.33. The molecule has 1 aromatic carbocycles. The maximum Gasteiger partial charge on any atom is 0.227 e. The number of aromatic nitrogens is 2. The molecule has 4 rings (SSSR count). The molecule has 0 amide bonds. The third kappa shape index (κ3) is 3.35. The molecule has 2 aromatic heterocycles. The molecule has 26 heavy (non-hydrogen) atoms. The summed E-state index contributed by atoms with van der Waals surface area (Å²) >= 11 is 3.24. The molecule has 0 N–H and O–H groups in total. The van der Waals surface area contributed by atoms with Gasteiger partial charge in [-0.3, -0.25) is 4.79 Å². The van der Waals surface area contributed by atoms with Gasteiger partial charge in [-0.15, -0.1) is 11.3 Å². The van der Waals surface area contributed by atoms with Crippen molar-refractivity contribution >= 4 is 39.1 Å². The van der Waals surface area contributed by atoms with E-state index in [1.54, 1.807) is 11.3 Å². The second-order valence-electron chi connectivity index (χ2n) is 6.63. The van der Waals surface area contributed by atoms with Crippen LogP contribution in [0.15, 0.2) is 35.5 Å². The number of nitrogens with zero attached hydrogens (tertiary/aromatic N) is 2. The molecule has 0 radical (unpaired) electrons. The van der Waals surface area contributed by atoms with Crippen LogP contribution < -0.4 is 4.74 Å². The number of aryl methyl sites for hydroxylation is 1. The summed E-state index contributed by atoms with van der Waals surface area (Å²) in [6.07, 6.45) is 5.25. The Hall–Kier alpha value is -1.92. The zero-order valence-corrected chi connectivity index (χ0v) is 16.5. The molecule has 0 aliphatic heterocycles. The van der Waals surface area contributed by atoms with Crippen LogP contribution in [0.5, 0.6) is 5.88 Å². The van der Waals surface area contributed by atoms with Crippen LogP contribution in [0.1, 0.15) is 34.1 Å². The van der Waals surface area contributed by atoms with Gasteiger partial charge in [0, 0.05) is 10.4 Å². The summed E-state index contributed by atoms with van der Waals surface area (Å²) in [4.78, 5) is 24.0. The van der Waals surface area contributed by atoms with Crippen molar-refractivity contribution in [1.82, 2.24) is 9.97 Å².